The Morgan fingerprint density at radius 2 is 2.23 bits per heavy atom. The highest BCUT2D eigenvalue weighted by atomic mass is 32.1. The predicted molar refractivity (Wildman–Crippen MR) is 58.5 cm³/mol. The quantitative estimate of drug-likeness (QED) is 0.530. The molecule has 0 aliphatic rings. The van der Waals surface area contributed by atoms with Crippen LogP contribution in [0, 0.1) is 18.8 Å². The molecule has 13 heavy (non-hydrogen) atoms. The first-order valence-corrected chi connectivity index (χ1v) is 4.65. The Hall–Kier alpha value is -1.07. The summed E-state index contributed by atoms with van der Waals surface area (Å²) in [6, 6.07) is 5.92. The van der Waals surface area contributed by atoms with Crippen LogP contribution in [0.25, 0.3) is 0 Å². The number of benzene rings is 1. The number of rotatable bonds is 1. The number of ether oxygens (including phenoxy) is 1. The van der Waals surface area contributed by atoms with Crippen molar-refractivity contribution in [1.82, 2.24) is 0 Å². The molecule has 1 aromatic carbocycles. The third-order valence-electron chi connectivity index (χ3n) is 1.72. The van der Waals surface area contributed by atoms with E-state index in [1.165, 1.54) is 0 Å². The van der Waals surface area contributed by atoms with Crippen LogP contribution in [0.15, 0.2) is 18.2 Å². The summed E-state index contributed by atoms with van der Waals surface area (Å²) in [5.41, 5.74) is 2.09. The lowest BCUT2D eigenvalue weighted by molar-refractivity contribution is 0.411. The highest BCUT2D eigenvalue weighted by Crippen LogP contribution is 2.18. The van der Waals surface area contributed by atoms with Crippen molar-refractivity contribution in [2.24, 2.45) is 0 Å². The molecule has 1 rings (SSSR count). The lowest BCUT2D eigenvalue weighted by Gasteiger charge is -2.03. The molecule has 1 aromatic rings. The van der Waals surface area contributed by atoms with Crippen molar-refractivity contribution in [2.75, 3.05) is 12.9 Å². The summed E-state index contributed by atoms with van der Waals surface area (Å²) in [4.78, 5) is 0. The summed E-state index contributed by atoms with van der Waals surface area (Å²) in [5.74, 6) is 7.34. The minimum absolute atomic E-state index is 0.580. The second-order valence-electron chi connectivity index (χ2n) is 2.64. The van der Waals surface area contributed by atoms with Gasteiger partial charge in [0, 0.05) is 5.56 Å². The molecule has 0 fully saturated rings. The van der Waals surface area contributed by atoms with Crippen LogP contribution in [-0.4, -0.2) is 12.9 Å². The first-order chi connectivity index (χ1) is 6.27. The van der Waals surface area contributed by atoms with Gasteiger partial charge in [-0.1, -0.05) is 17.9 Å². The van der Waals surface area contributed by atoms with Crippen LogP contribution in [0.1, 0.15) is 11.1 Å². The highest BCUT2D eigenvalue weighted by molar-refractivity contribution is 7.80. The lowest BCUT2D eigenvalue weighted by Crippen LogP contribution is -1.87. The molecule has 0 saturated carbocycles. The molecular formula is C11H12OS. The van der Waals surface area contributed by atoms with Gasteiger partial charge in [-0.15, -0.1) is 0 Å². The largest absolute Gasteiger partial charge is 0.496 e. The van der Waals surface area contributed by atoms with E-state index in [2.05, 4.69) is 24.5 Å². The standard InChI is InChI=1S/C11H12OS/c1-9-5-6-10(4-3-7-13)8-11(9)12-2/h5-6,8,13H,7H2,1-2H3. The van der Waals surface area contributed by atoms with Crippen LogP contribution >= 0.6 is 12.6 Å². The number of hydrogen-bond donors (Lipinski definition) is 1. The first-order valence-electron chi connectivity index (χ1n) is 4.02. The second-order valence-corrected chi connectivity index (χ2v) is 2.96. The average molecular weight is 192 g/mol. The van der Waals surface area contributed by atoms with Crippen molar-refractivity contribution in [3.63, 3.8) is 0 Å². The number of aryl methyl sites for hydroxylation is 1. The van der Waals surface area contributed by atoms with Gasteiger partial charge in [-0.25, -0.2) is 0 Å². The molecule has 0 aliphatic carbocycles. The fourth-order valence-electron chi connectivity index (χ4n) is 1.04. The van der Waals surface area contributed by atoms with Crippen molar-refractivity contribution in [3.05, 3.63) is 29.3 Å². The van der Waals surface area contributed by atoms with E-state index in [4.69, 9.17) is 4.74 Å². The molecule has 0 N–H and O–H groups in total. The summed E-state index contributed by atoms with van der Waals surface area (Å²) < 4.78 is 5.18. The Balaban J connectivity index is 2.99. The van der Waals surface area contributed by atoms with Gasteiger partial charge >= 0.3 is 0 Å². The van der Waals surface area contributed by atoms with Crippen molar-refractivity contribution < 1.29 is 4.74 Å². The van der Waals surface area contributed by atoms with E-state index >= 15 is 0 Å². The normalized spacial score (nSPS) is 8.85. The Bertz CT molecular complexity index is 347. The predicted octanol–water partition coefficient (Wildman–Crippen LogP) is 2.28. The zero-order valence-corrected chi connectivity index (χ0v) is 8.69. The van der Waals surface area contributed by atoms with Gasteiger partial charge in [0.2, 0.25) is 0 Å². The molecule has 0 aliphatic heterocycles. The van der Waals surface area contributed by atoms with Gasteiger partial charge < -0.3 is 4.74 Å². The molecule has 0 bridgehead atoms. The van der Waals surface area contributed by atoms with Crippen molar-refractivity contribution in [1.29, 1.82) is 0 Å². The number of hydrogen-bond acceptors (Lipinski definition) is 2. The van der Waals surface area contributed by atoms with Crippen molar-refractivity contribution in [2.45, 2.75) is 6.92 Å². The van der Waals surface area contributed by atoms with E-state index in [0.717, 1.165) is 16.9 Å². The van der Waals surface area contributed by atoms with Gasteiger partial charge in [0.05, 0.1) is 12.9 Å². The molecule has 1 nitrogen and oxygen atoms in total. The third-order valence-corrected chi connectivity index (χ3v) is 1.88. The van der Waals surface area contributed by atoms with Crippen molar-refractivity contribution in [3.8, 4) is 17.6 Å². The Morgan fingerprint density at radius 1 is 1.46 bits per heavy atom. The minimum atomic E-state index is 0.580. The third kappa shape index (κ3) is 2.71. The van der Waals surface area contributed by atoms with Gasteiger partial charge in [-0.3, -0.25) is 0 Å². The molecule has 0 aromatic heterocycles. The maximum absolute atomic E-state index is 5.18. The van der Waals surface area contributed by atoms with Gasteiger partial charge in [-0.2, -0.15) is 12.6 Å². The fraction of sp³-hybridized carbons (Fsp3) is 0.273. The van der Waals surface area contributed by atoms with Crippen LogP contribution in [-0.2, 0) is 0 Å². The SMILES string of the molecule is COc1cc(C#CCS)ccc1C. The Morgan fingerprint density at radius 3 is 2.85 bits per heavy atom. The van der Waals surface area contributed by atoms with E-state index in [1.54, 1.807) is 7.11 Å². The zero-order valence-electron chi connectivity index (χ0n) is 7.79. The minimum Gasteiger partial charge on any atom is -0.496 e. The molecule has 0 amide bonds. The molecule has 0 unspecified atom stereocenters. The summed E-state index contributed by atoms with van der Waals surface area (Å²) in [7, 11) is 1.66. The molecule has 0 heterocycles. The maximum Gasteiger partial charge on any atom is 0.123 e. The maximum atomic E-state index is 5.18. The molecule has 0 spiro atoms. The van der Waals surface area contributed by atoms with Gasteiger partial charge in [-0.05, 0) is 24.6 Å². The van der Waals surface area contributed by atoms with Gasteiger partial charge in [0.25, 0.3) is 0 Å². The molecule has 0 saturated heterocycles. The Kier molecular flexibility index (Phi) is 3.72. The van der Waals surface area contributed by atoms with Gasteiger partial charge in [0.1, 0.15) is 5.75 Å². The lowest BCUT2D eigenvalue weighted by atomic mass is 10.1. The summed E-state index contributed by atoms with van der Waals surface area (Å²) in [6.07, 6.45) is 0. The zero-order chi connectivity index (χ0) is 9.68. The van der Waals surface area contributed by atoms with Crippen LogP contribution in [0.4, 0.5) is 0 Å². The number of thiol groups is 1. The molecule has 2 heteroatoms. The highest BCUT2D eigenvalue weighted by Gasteiger charge is 1.97. The fourth-order valence-corrected chi connectivity index (χ4v) is 1.12. The van der Waals surface area contributed by atoms with E-state index in [9.17, 15) is 0 Å². The summed E-state index contributed by atoms with van der Waals surface area (Å²) in [5, 5.41) is 0. The van der Waals surface area contributed by atoms with E-state index < -0.39 is 0 Å². The first kappa shape index (κ1) is 10.0. The summed E-state index contributed by atoms with van der Waals surface area (Å²) >= 11 is 4.02. The molecule has 0 radical (unpaired) electrons. The monoisotopic (exact) mass is 192 g/mol. The smallest absolute Gasteiger partial charge is 0.123 e. The van der Waals surface area contributed by atoms with Crippen LogP contribution < -0.4 is 4.74 Å². The summed E-state index contributed by atoms with van der Waals surface area (Å²) in [6.45, 7) is 2.01. The molecule has 0 atom stereocenters. The van der Waals surface area contributed by atoms with Crippen LogP contribution in [0.5, 0.6) is 5.75 Å². The van der Waals surface area contributed by atoms with Crippen LogP contribution in [0.2, 0.25) is 0 Å². The van der Waals surface area contributed by atoms with Crippen LogP contribution in [0.3, 0.4) is 0 Å². The van der Waals surface area contributed by atoms with E-state index in [1.807, 2.05) is 25.1 Å². The van der Waals surface area contributed by atoms with E-state index in [0.29, 0.717) is 5.75 Å². The molecular weight excluding hydrogens is 180 g/mol. The average Bonchev–Trinajstić information content (AvgIpc) is 2.16. The topological polar surface area (TPSA) is 9.23 Å². The van der Waals surface area contributed by atoms with Gasteiger partial charge in [0.15, 0.2) is 0 Å². The molecule has 68 valence electrons. The second kappa shape index (κ2) is 4.84. The van der Waals surface area contributed by atoms with Crippen molar-refractivity contribution >= 4 is 12.6 Å². The van der Waals surface area contributed by atoms with E-state index in [-0.39, 0.29) is 0 Å². The number of methoxy groups -OCH3 is 1. The Labute approximate surface area is 84.5 Å².